The van der Waals surface area contributed by atoms with Crippen molar-refractivity contribution in [2.45, 2.75) is 31.6 Å². The normalized spacial score (nSPS) is 23.3. The molecule has 1 aromatic carbocycles. The van der Waals surface area contributed by atoms with E-state index >= 15 is 0 Å². The van der Waals surface area contributed by atoms with Gasteiger partial charge in [0, 0.05) is 12.0 Å². The fraction of sp³-hybridized carbons (Fsp3) is 0.462. The second kappa shape index (κ2) is 4.16. The van der Waals surface area contributed by atoms with Crippen LogP contribution < -0.4 is 4.74 Å². The van der Waals surface area contributed by atoms with Crippen molar-refractivity contribution < 1.29 is 14.6 Å². The number of hydrogen-bond acceptors (Lipinski definition) is 2. The molecular formula is C13H16O3. The van der Waals surface area contributed by atoms with E-state index in [0.717, 1.165) is 17.7 Å². The maximum atomic E-state index is 11.6. The van der Waals surface area contributed by atoms with Crippen LogP contribution in [0.5, 0.6) is 5.75 Å². The Kier molecular flexibility index (Phi) is 2.86. The van der Waals surface area contributed by atoms with Crippen LogP contribution in [0.15, 0.2) is 24.3 Å². The van der Waals surface area contributed by atoms with Crippen LogP contribution >= 0.6 is 0 Å². The number of fused-ring (bicyclic) bond motifs is 1. The fourth-order valence-corrected chi connectivity index (χ4v) is 2.47. The van der Waals surface area contributed by atoms with E-state index in [0.29, 0.717) is 19.4 Å². The average molecular weight is 220 g/mol. The number of carboxylic acid groups (broad SMARTS) is 1. The minimum Gasteiger partial charge on any atom is -0.493 e. The van der Waals surface area contributed by atoms with Gasteiger partial charge in [-0.25, -0.2) is 0 Å². The Morgan fingerprint density at radius 2 is 2.25 bits per heavy atom. The van der Waals surface area contributed by atoms with Gasteiger partial charge in [0.25, 0.3) is 0 Å². The van der Waals surface area contributed by atoms with Crippen LogP contribution in [-0.2, 0) is 10.2 Å². The summed E-state index contributed by atoms with van der Waals surface area (Å²) in [4.78, 5) is 11.6. The van der Waals surface area contributed by atoms with Crippen LogP contribution in [0.3, 0.4) is 0 Å². The molecule has 0 saturated heterocycles. The van der Waals surface area contributed by atoms with Gasteiger partial charge in [-0.05, 0) is 12.5 Å². The maximum absolute atomic E-state index is 11.6. The molecule has 86 valence electrons. The number of rotatable bonds is 3. The van der Waals surface area contributed by atoms with Crippen molar-refractivity contribution in [3.63, 3.8) is 0 Å². The molecule has 1 N–H and O–H groups in total. The summed E-state index contributed by atoms with van der Waals surface area (Å²) in [7, 11) is 0. The molecule has 0 spiro atoms. The highest BCUT2D eigenvalue weighted by Crippen LogP contribution is 2.42. The van der Waals surface area contributed by atoms with Gasteiger partial charge in [-0.3, -0.25) is 4.79 Å². The van der Waals surface area contributed by atoms with Crippen molar-refractivity contribution in [1.82, 2.24) is 0 Å². The molecule has 1 unspecified atom stereocenters. The van der Waals surface area contributed by atoms with Crippen LogP contribution in [-0.4, -0.2) is 17.7 Å². The molecule has 1 atom stereocenters. The Hall–Kier alpha value is -1.51. The second-order valence-electron chi connectivity index (χ2n) is 4.23. The number of hydrogen-bond donors (Lipinski definition) is 1. The minimum atomic E-state index is -0.746. The zero-order chi connectivity index (χ0) is 11.6. The van der Waals surface area contributed by atoms with Gasteiger partial charge in [0.1, 0.15) is 5.75 Å². The molecule has 2 rings (SSSR count). The first-order valence-corrected chi connectivity index (χ1v) is 5.66. The number of aliphatic carboxylic acids is 1. The highest BCUT2D eigenvalue weighted by molar-refractivity contribution is 5.82. The van der Waals surface area contributed by atoms with Crippen molar-refractivity contribution in [3.8, 4) is 5.75 Å². The SMILES string of the molecule is CCCC1(C(=O)O)CCOc2ccccc21. The summed E-state index contributed by atoms with van der Waals surface area (Å²) < 4.78 is 5.51. The Bertz CT molecular complexity index is 400. The molecular weight excluding hydrogens is 204 g/mol. The van der Waals surface area contributed by atoms with Crippen molar-refractivity contribution in [2.24, 2.45) is 0 Å². The van der Waals surface area contributed by atoms with Gasteiger partial charge in [0.2, 0.25) is 0 Å². The second-order valence-corrected chi connectivity index (χ2v) is 4.23. The molecule has 1 heterocycles. The van der Waals surface area contributed by atoms with E-state index < -0.39 is 11.4 Å². The van der Waals surface area contributed by atoms with Crippen molar-refractivity contribution >= 4 is 5.97 Å². The summed E-state index contributed by atoms with van der Waals surface area (Å²) >= 11 is 0. The van der Waals surface area contributed by atoms with Crippen LogP contribution in [0.25, 0.3) is 0 Å². The quantitative estimate of drug-likeness (QED) is 0.851. The molecule has 0 bridgehead atoms. The van der Waals surface area contributed by atoms with Crippen LogP contribution in [0, 0.1) is 0 Å². The van der Waals surface area contributed by atoms with Crippen molar-refractivity contribution in [3.05, 3.63) is 29.8 Å². The van der Waals surface area contributed by atoms with Crippen molar-refractivity contribution in [2.75, 3.05) is 6.61 Å². The Labute approximate surface area is 95.0 Å². The molecule has 1 aliphatic heterocycles. The number of carboxylic acids is 1. The first kappa shape index (κ1) is 11.0. The third-order valence-electron chi connectivity index (χ3n) is 3.28. The minimum absolute atomic E-state index is 0.489. The molecule has 3 nitrogen and oxygen atoms in total. The number of benzene rings is 1. The van der Waals surface area contributed by atoms with Gasteiger partial charge < -0.3 is 9.84 Å². The zero-order valence-corrected chi connectivity index (χ0v) is 9.40. The van der Waals surface area contributed by atoms with E-state index in [4.69, 9.17) is 4.74 Å². The molecule has 0 fully saturated rings. The first-order chi connectivity index (χ1) is 7.70. The lowest BCUT2D eigenvalue weighted by atomic mass is 9.73. The molecule has 0 saturated carbocycles. The lowest BCUT2D eigenvalue weighted by Gasteiger charge is -2.35. The summed E-state index contributed by atoms with van der Waals surface area (Å²) in [5, 5.41) is 9.51. The molecule has 0 radical (unpaired) electrons. The highest BCUT2D eigenvalue weighted by Gasteiger charge is 2.43. The van der Waals surface area contributed by atoms with E-state index in [2.05, 4.69) is 0 Å². The number of para-hydroxylation sites is 1. The monoisotopic (exact) mass is 220 g/mol. The molecule has 1 aliphatic rings. The van der Waals surface area contributed by atoms with E-state index in [1.807, 2.05) is 31.2 Å². The topological polar surface area (TPSA) is 46.5 Å². The van der Waals surface area contributed by atoms with Gasteiger partial charge in [0.15, 0.2) is 0 Å². The average Bonchev–Trinajstić information content (AvgIpc) is 2.29. The highest BCUT2D eigenvalue weighted by atomic mass is 16.5. The van der Waals surface area contributed by atoms with E-state index in [9.17, 15) is 9.90 Å². The molecule has 0 amide bonds. The van der Waals surface area contributed by atoms with Gasteiger partial charge in [-0.1, -0.05) is 31.5 Å². The third-order valence-corrected chi connectivity index (χ3v) is 3.28. The largest absolute Gasteiger partial charge is 0.493 e. The Morgan fingerprint density at radius 1 is 1.50 bits per heavy atom. The molecule has 1 aromatic rings. The third kappa shape index (κ3) is 1.56. The number of ether oxygens (including phenoxy) is 1. The predicted molar refractivity (Wildman–Crippen MR) is 60.8 cm³/mol. The zero-order valence-electron chi connectivity index (χ0n) is 9.40. The van der Waals surface area contributed by atoms with E-state index in [-0.39, 0.29) is 0 Å². The summed E-state index contributed by atoms with van der Waals surface area (Å²) in [6, 6.07) is 7.48. The van der Waals surface area contributed by atoms with E-state index in [1.54, 1.807) is 0 Å². The fourth-order valence-electron chi connectivity index (χ4n) is 2.47. The maximum Gasteiger partial charge on any atom is 0.314 e. The molecule has 3 heteroatoms. The van der Waals surface area contributed by atoms with Gasteiger partial charge in [0.05, 0.1) is 12.0 Å². The Balaban J connectivity index is 2.52. The van der Waals surface area contributed by atoms with Crippen LogP contribution in [0.1, 0.15) is 31.7 Å². The summed E-state index contributed by atoms with van der Waals surface area (Å²) in [5.74, 6) is -0.00491. The molecule has 0 aliphatic carbocycles. The summed E-state index contributed by atoms with van der Waals surface area (Å²) in [6.45, 7) is 2.51. The lowest BCUT2D eigenvalue weighted by molar-refractivity contribution is -0.145. The van der Waals surface area contributed by atoms with E-state index in [1.165, 1.54) is 0 Å². The predicted octanol–water partition coefficient (Wildman–Crippen LogP) is 2.59. The summed E-state index contributed by atoms with van der Waals surface area (Å²) in [5.41, 5.74) is 0.0828. The first-order valence-electron chi connectivity index (χ1n) is 5.66. The van der Waals surface area contributed by atoms with Crippen LogP contribution in [0.2, 0.25) is 0 Å². The molecule has 0 aromatic heterocycles. The summed E-state index contributed by atoms with van der Waals surface area (Å²) in [6.07, 6.45) is 2.09. The lowest BCUT2D eigenvalue weighted by Crippen LogP contribution is -2.40. The van der Waals surface area contributed by atoms with Crippen LogP contribution in [0.4, 0.5) is 0 Å². The van der Waals surface area contributed by atoms with Gasteiger partial charge in [-0.2, -0.15) is 0 Å². The standard InChI is InChI=1S/C13H16O3/c1-2-7-13(12(14)15)8-9-16-11-6-4-3-5-10(11)13/h3-6H,2,7-9H2,1H3,(H,14,15). The number of carbonyl (C=O) groups is 1. The molecule has 16 heavy (non-hydrogen) atoms. The Morgan fingerprint density at radius 3 is 2.94 bits per heavy atom. The smallest absolute Gasteiger partial charge is 0.314 e. The van der Waals surface area contributed by atoms with Gasteiger partial charge in [-0.15, -0.1) is 0 Å². The van der Waals surface area contributed by atoms with Crippen molar-refractivity contribution in [1.29, 1.82) is 0 Å². The van der Waals surface area contributed by atoms with Gasteiger partial charge >= 0.3 is 5.97 Å².